The number of hydrogen-bond acceptors (Lipinski definition) is 3. The summed E-state index contributed by atoms with van der Waals surface area (Å²) < 4.78 is 114. The predicted molar refractivity (Wildman–Crippen MR) is 110 cm³/mol. The Labute approximate surface area is 193 Å². The zero-order valence-corrected chi connectivity index (χ0v) is 17.6. The number of benzene rings is 2. The highest BCUT2D eigenvalue weighted by atomic mass is 19.4. The number of halogens is 8. The Morgan fingerprint density at radius 2 is 1.60 bits per heavy atom. The molecule has 2 aromatic carbocycles. The number of nitrogens with zero attached hydrogens (tertiary/aromatic N) is 2. The van der Waals surface area contributed by atoms with Gasteiger partial charge < -0.3 is 4.74 Å². The van der Waals surface area contributed by atoms with Gasteiger partial charge in [0.25, 0.3) is 0 Å². The molecule has 0 unspecified atom stereocenters. The molecule has 0 amide bonds. The van der Waals surface area contributed by atoms with Crippen LogP contribution in [0.5, 0.6) is 5.75 Å². The van der Waals surface area contributed by atoms with Gasteiger partial charge in [-0.25, -0.2) is 23.1 Å². The Kier molecular flexibility index (Phi) is 6.40. The second-order valence-electron chi connectivity index (χ2n) is 7.69. The summed E-state index contributed by atoms with van der Waals surface area (Å²) >= 11 is 0. The van der Waals surface area contributed by atoms with Crippen molar-refractivity contribution in [3.8, 4) is 17.6 Å². The van der Waals surface area contributed by atoms with Crippen LogP contribution in [-0.4, -0.2) is 16.1 Å². The molecule has 0 saturated heterocycles. The van der Waals surface area contributed by atoms with Gasteiger partial charge in [0.1, 0.15) is 17.4 Å². The van der Waals surface area contributed by atoms with Crippen molar-refractivity contribution in [1.82, 2.24) is 9.97 Å². The molecule has 3 nitrogen and oxygen atoms in total. The molecule has 1 aromatic heterocycles. The SMILES string of the molecule is Fc1cc2cc(OC(F)(F)c3ncc(C4=CCCCC4)cn3)cc(F)c2c(F)c1C#CC(F)(F)F. The van der Waals surface area contributed by atoms with Gasteiger partial charge in [0.15, 0.2) is 5.82 Å². The van der Waals surface area contributed by atoms with Crippen LogP contribution >= 0.6 is 0 Å². The molecule has 0 aliphatic heterocycles. The van der Waals surface area contributed by atoms with Gasteiger partial charge in [-0.2, -0.15) is 22.0 Å². The van der Waals surface area contributed by atoms with Crippen molar-refractivity contribution >= 4 is 16.3 Å². The van der Waals surface area contributed by atoms with Crippen LogP contribution in [0, 0.1) is 29.3 Å². The van der Waals surface area contributed by atoms with E-state index in [1.165, 1.54) is 18.3 Å². The molecule has 1 aliphatic carbocycles. The lowest BCUT2D eigenvalue weighted by Gasteiger charge is -2.18. The molecule has 0 fully saturated rings. The smallest absolute Gasteiger partial charge is 0.426 e. The van der Waals surface area contributed by atoms with E-state index in [9.17, 15) is 35.1 Å². The fourth-order valence-electron chi connectivity index (χ4n) is 3.63. The van der Waals surface area contributed by atoms with E-state index in [4.69, 9.17) is 0 Å². The van der Waals surface area contributed by atoms with Crippen molar-refractivity contribution in [3.63, 3.8) is 0 Å². The quantitative estimate of drug-likeness (QED) is 0.286. The molecule has 0 bridgehead atoms. The number of fused-ring (bicyclic) bond motifs is 1. The largest absolute Gasteiger partial charge is 0.462 e. The minimum atomic E-state index is -5.04. The average Bonchev–Trinajstić information content (AvgIpc) is 2.78. The average molecular weight is 498 g/mol. The summed E-state index contributed by atoms with van der Waals surface area (Å²) in [4.78, 5) is 7.28. The summed E-state index contributed by atoms with van der Waals surface area (Å²) in [5, 5.41) is -1.50. The fourth-order valence-corrected chi connectivity index (χ4v) is 3.63. The van der Waals surface area contributed by atoms with Crippen LogP contribution in [0.3, 0.4) is 0 Å². The molecule has 0 N–H and O–H groups in total. The Balaban J connectivity index is 1.64. The van der Waals surface area contributed by atoms with Crippen LogP contribution in [0.1, 0.15) is 42.6 Å². The molecule has 0 saturated carbocycles. The molecular formula is C24H14F8N2O. The number of aromatic nitrogens is 2. The van der Waals surface area contributed by atoms with Crippen LogP contribution in [0.2, 0.25) is 0 Å². The van der Waals surface area contributed by atoms with Gasteiger partial charge in [0.05, 0.1) is 10.9 Å². The van der Waals surface area contributed by atoms with Crippen LogP contribution in [-0.2, 0) is 6.11 Å². The summed E-state index contributed by atoms with van der Waals surface area (Å²) in [6, 6.07) is 1.57. The van der Waals surface area contributed by atoms with Crippen LogP contribution in [0.4, 0.5) is 35.1 Å². The molecule has 3 aromatic rings. The number of alkyl halides is 5. The monoisotopic (exact) mass is 498 g/mol. The third-order valence-electron chi connectivity index (χ3n) is 5.20. The van der Waals surface area contributed by atoms with Crippen molar-refractivity contribution in [1.29, 1.82) is 0 Å². The second-order valence-corrected chi connectivity index (χ2v) is 7.69. The number of ether oxygens (including phenoxy) is 1. The van der Waals surface area contributed by atoms with Gasteiger partial charge in [-0.15, -0.1) is 0 Å². The molecule has 0 atom stereocenters. The third-order valence-corrected chi connectivity index (χ3v) is 5.20. The van der Waals surface area contributed by atoms with Crippen molar-refractivity contribution < 1.29 is 39.9 Å². The van der Waals surface area contributed by atoms with E-state index in [-0.39, 0.29) is 0 Å². The molecule has 182 valence electrons. The normalized spacial score (nSPS) is 14.3. The van der Waals surface area contributed by atoms with Gasteiger partial charge >= 0.3 is 12.3 Å². The minimum absolute atomic E-state index is 0.388. The van der Waals surface area contributed by atoms with E-state index in [1.54, 1.807) is 0 Å². The van der Waals surface area contributed by atoms with Crippen molar-refractivity contribution in [2.45, 2.75) is 38.0 Å². The first kappa shape index (κ1) is 24.4. The molecular weight excluding hydrogens is 484 g/mol. The fraction of sp³-hybridized carbons (Fsp3) is 0.250. The Bertz CT molecular complexity index is 1370. The van der Waals surface area contributed by atoms with Crippen molar-refractivity contribution in [2.24, 2.45) is 0 Å². The van der Waals surface area contributed by atoms with Gasteiger partial charge in [-0.3, -0.25) is 0 Å². The molecule has 1 heterocycles. The minimum Gasteiger partial charge on any atom is -0.426 e. The van der Waals surface area contributed by atoms with E-state index in [2.05, 4.69) is 14.7 Å². The lowest BCUT2D eigenvalue weighted by molar-refractivity contribution is -0.192. The number of allylic oxidation sites excluding steroid dienone is 2. The molecule has 11 heteroatoms. The van der Waals surface area contributed by atoms with E-state index in [1.807, 2.05) is 6.08 Å². The third kappa shape index (κ3) is 5.37. The van der Waals surface area contributed by atoms with Gasteiger partial charge in [-0.05, 0) is 48.8 Å². The van der Waals surface area contributed by atoms with Crippen molar-refractivity contribution in [3.05, 3.63) is 71.1 Å². The zero-order valence-electron chi connectivity index (χ0n) is 17.6. The Hall–Kier alpha value is -3.68. The molecule has 1 aliphatic rings. The zero-order chi connectivity index (χ0) is 25.4. The first-order valence-corrected chi connectivity index (χ1v) is 10.2. The highest BCUT2D eigenvalue weighted by Crippen LogP contribution is 2.35. The lowest BCUT2D eigenvalue weighted by Crippen LogP contribution is -2.25. The maximum atomic E-state index is 14.6. The maximum absolute atomic E-state index is 14.6. The lowest BCUT2D eigenvalue weighted by atomic mass is 9.95. The van der Waals surface area contributed by atoms with Crippen LogP contribution < -0.4 is 4.74 Å². The molecule has 0 spiro atoms. The number of hydrogen-bond donors (Lipinski definition) is 0. The van der Waals surface area contributed by atoms with Gasteiger partial charge in [0, 0.05) is 29.9 Å². The first-order chi connectivity index (χ1) is 16.4. The maximum Gasteiger partial charge on any atom is 0.462 e. The summed E-state index contributed by atoms with van der Waals surface area (Å²) in [6.45, 7) is 0. The Morgan fingerprint density at radius 3 is 2.23 bits per heavy atom. The van der Waals surface area contributed by atoms with Gasteiger partial charge in [-0.1, -0.05) is 12.0 Å². The summed E-state index contributed by atoms with van der Waals surface area (Å²) in [7, 11) is 0. The van der Waals surface area contributed by atoms with E-state index < -0.39 is 57.6 Å². The Morgan fingerprint density at radius 1 is 0.886 bits per heavy atom. The molecule has 0 radical (unpaired) electrons. The molecule has 35 heavy (non-hydrogen) atoms. The standard InChI is InChI=1S/C24H14F8N2O/c25-18-9-14-8-16(10-19(26)20(14)21(27)17(18)6-7-23(28,29)30)35-24(31,32)22-33-11-15(12-34-22)13-4-2-1-3-5-13/h4,8-12H,1-3,5H2. The summed E-state index contributed by atoms with van der Waals surface area (Å²) in [5.74, 6) is -4.57. The second kappa shape index (κ2) is 9.17. The van der Waals surface area contributed by atoms with Crippen LogP contribution in [0.15, 0.2) is 36.7 Å². The predicted octanol–water partition coefficient (Wildman–Crippen LogP) is 7.05. The summed E-state index contributed by atoms with van der Waals surface area (Å²) in [6.07, 6.45) is -1.14. The van der Waals surface area contributed by atoms with Crippen molar-refractivity contribution in [2.75, 3.05) is 0 Å². The first-order valence-electron chi connectivity index (χ1n) is 10.2. The van der Waals surface area contributed by atoms with E-state index in [0.717, 1.165) is 31.3 Å². The van der Waals surface area contributed by atoms with E-state index >= 15 is 0 Å². The number of rotatable bonds is 4. The van der Waals surface area contributed by atoms with E-state index in [0.29, 0.717) is 29.7 Å². The molecule has 4 rings (SSSR count). The summed E-state index contributed by atoms with van der Waals surface area (Å²) in [5.41, 5.74) is 0.206. The van der Waals surface area contributed by atoms with Crippen LogP contribution in [0.25, 0.3) is 16.3 Å². The highest BCUT2D eigenvalue weighted by Gasteiger charge is 2.39. The highest BCUT2D eigenvalue weighted by molar-refractivity contribution is 5.87. The topological polar surface area (TPSA) is 35.0 Å². The van der Waals surface area contributed by atoms with Gasteiger partial charge in [0.2, 0.25) is 5.82 Å².